The van der Waals surface area contributed by atoms with Crippen LogP contribution in [0.4, 0.5) is 0 Å². The van der Waals surface area contributed by atoms with E-state index in [0.29, 0.717) is 13.2 Å². The van der Waals surface area contributed by atoms with Crippen molar-refractivity contribution in [3.05, 3.63) is 65.7 Å². The van der Waals surface area contributed by atoms with E-state index in [-0.39, 0.29) is 18.0 Å². The molecule has 4 nitrogen and oxygen atoms in total. The van der Waals surface area contributed by atoms with Crippen LogP contribution in [-0.4, -0.2) is 25.2 Å². The highest BCUT2D eigenvalue weighted by molar-refractivity contribution is 5.75. The molecule has 2 atom stereocenters. The second-order valence-corrected chi connectivity index (χ2v) is 8.14. The van der Waals surface area contributed by atoms with Gasteiger partial charge in [0.1, 0.15) is 18.5 Å². The topological polar surface area (TPSA) is 47.6 Å². The molecule has 1 fully saturated rings. The fraction of sp³-hybridized carbons (Fsp3) is 0.435. The van der Waals surface area contributed by atoms with Crippen LogP contribution in [-0.2, 0) is 16.1 Å². The first kappa shape index (κ1) is 19.4. The quantitative estimate of drug-likeness (QED) is 0.801. The van der Waals surface area contributed by atoms with Crippen LogP contribution in [0.1, 0.15) is 44.2 Å². The lowest BCUT2D eigenvalue weighted by Crippen LogP contribution is -2.43. The molecular weight excluding hydrogens is 338 g/mol. The van der Waals surface area contributed by atoms with E-state index in [4.69, 9.17) is 9.47 Å². The van der Waals surface area contributed by atoms with Crippen molar-refractivity contribution >= 4 is 5.97 Å². The normalized spacial score (nSPS) is 20.1. The Kier molecular flexibility index (Phi) is 6.17. The van der Waals surface area contributed by atoms with Gasteiger partial charge in [0.2, 0.25) is 0 Å². The van der Waals surface area contributed by atoms with Crippen LogP contribution in [0, 0.1) is 5.41 Å². The summed E-state index contributed by atoms with van der Waals surface area (Å²) in [6.07, 6.45) is 0.813. The Bertz CT molecular complexity index is 734. The van der Waals surface area contributed by atoms with Crippen LogP contribution in [0.25, 0.3) is 0 Å². The standard InChI is InChI=1S/C23H29NO3/c1-23(2,3)22(25)27-21-15-24-14-13-20(21)18-9-11-19(12-10-18)26-16-17-7-5-4-6-8-17/h4-12,20-21,24H,13-16H2,1-3H3/t20-,21+/m1/s1. The molecule has 2 aromatic rings. The molecule has 0 amide bonds. The summed E-state index contributed by atoms with van der Waals surface area (Å²) < 4.78 is 11.7. The molecule has 4 heteroatoms. The summed E-state index contributed by atoms with van der Waals surface area (Å²) in [5.74, 6) is 0.907. The first-order valence-corrected chi connectivity index (χ1v) is 9.62. The third-order valence-electron chi connectivity index (χ3n) is 4.85. The number of benzene rings is 2. The van der Waals surface area contributed by atoms with Gasteiger partial charge in [0.05, 0.1) is 5.41 Å². The van der Waals surface area contributed by atoms with Gasteiger partial charge < -0.3 is 14.8 Å². The van der Waals surface area contributed by atoms with Crippen molar-refractivity contribution < 1.29 is 14.3 Å². The summed E-state index contributed by atoms with van der Waals surface area (Å²) in [7, 11) is 0. The summed E-state index contributed by atoms with van der Waals surface area (Å²) >= 11 is 0. The van der Waals surface area contributed by atoms with E-state index in [1.165, 1.54) is 5.56 Å². The van der Waals surface area contributed by atoms with Gasteiger partial charge in [0, 0.05) is 12.5 Å². The predicted molar refractivity (Wildman–Crippen MR) is 107 cm³/mol. The van der Waals surface area contributed by atoms with Crippen molar-refractivity contribution in [3.63, 3.8) is 0 Å². The van der Waals surface area contributed by atoms with E-state index in [1.54, 1.807) is 0 Å². The molecule has 0 aliphatic carbocycles. The Morgan fingerprint density at radius 1 is 1.07 bits per heavy atom. The minimum Gasteiger partial charge on any atom is -0.489 e. The molecule has 0 spiro atoms. The summed E-state index contributed by atoms with van der Waals surface area (Å²) in [4.78, 5) is 12.3. The van der Waals surface area contributed by atoms with Crippen LogP contribution in [0.5, 0.6) is 5.75 Å². The van der Waals surface area contributed by atoms with E-state index in [1.807, 2.05) is 51.1 Å². The molecule has 0 saturated carbocycles. The molecule has 3 rings (SSSR count). The molecule has 2 aromatic carbocycles. The van der Waals surface area contributed by atoms with Gasteiger partial charge in [0.15, 0.2) is 0 Å². The molecule has 1 aliphatic heterocycles. The molecule has 0 bridgehead atoms. The van der Waals surface area contributed by atoms with Crippen molar-refractivity contribution in [2.45, 2.75) is 45.8 Å². The number of piperidine rings is 1. The summed E-state index contributed by atoms with van der Waals surface area (Å²) in [5, 5.41) is 3.34. The number of carbonyl (C=O) groups is 1. The van der Waals surface area contributed by atoms with Crippen molar-refractivity contribution in [1.82, 2.24) is 5.32 Å². The predicted octanol–water partition coefficient (Wildman–Crippen LogP) is 4.30. The highest BCUT2D eigenvalue weighted by Gasteiger charge is 2.33. The molecule has 0 unspecified atom stereocenters. The molecule has 1 N–H and O–H groups in total. The van der Waals surface area contributed by atoms with Gasteiger partial charge in [-0.1, -0.05) is 42.5 Å². The number of hydrogen-bond donors (Lipinski definition) is 1. The fourth-order valence-electron chi connectivity index (χ4n) is 3.20. The summed E-state index contributed by atoms with van der Waals surface area (Å²) in [6.45, 7) is 7.84. The lowest BCUT2D eigenvalue weighted by Gasteiger charge is -2.34. The monoisotopic (exact) mass is 367 g/mol. The number of ether oxygens (including phenoxy) is 2. The third kappa shape index (κ3) is 5.33. The Balaban J connectivity index is 1.64. The van der Waals surface area contributed by atoms with Crippen molar-refractivity contribution in [2.75, 3.05) is 13.1 Å². The average molecular weight is 367 g/mol. The zero-order valence-corrected chi connectivity index (χ0v) is 16.4. The zero-order valence-electron chi connectivity index (χ0n) is 16.4. The minimum absolute atomic E-state index is 0.137. The van der Waals surface area contributed by atoms with Gasteiger partial charge in [0.25, 0.3) is 0 Å². The first-order chi connectivity index (χ1) is 12.9. The highest BCUT2D eigenvalue weighted by Crippen LogP contribution is 2.31. The van der Waals surface area contributed by atoms with Crippen LogP contribution in [0.15, 0.2) is 54.6 Å². The van der Waals surface area contributed by atoms with Crippen molar-refractivity contribution in [2.24, 2.45) is 5.41 Å². The number of rotatable bonds is 5. The Labute approximate surface area is 161 Å². The summed E-state index contributed by atoms with van der Waals surface area (Å²) in [6, 6.07) is 18.3. The maximum atomic E-state index is 12.3. The number of esters is 1. The Morgan fingerprint density at radius 2 is 1.78 bits per heavy atom. The number of carbonyl (C=O) groups excluding carboxylic acids is 1. The van der Waals surface area contributed by atoms with Gasteiger partial charge in [-0.25, -0.2) is 0 Å². The van der Waals surface area contributed by atoms with E-state index in [0.717, 1.165) is 24.3 Å². The van der Waals surface area contributed by atoms with Gasteiger partial charge in [-0.15, -0.1) is 0 Å². The molecule has 1 saturated heterocycles. The largest absolute Gasteiger partial charge is 0.489 e. The molecular formula is C23H29NO3. The van der Waals surface area contributed by atoms with Gasteiger partial charge in [-0.2, -0.15) is 0 Å². The fourth-order valence-corrected chi connectivity index (χ4v) is 3.20. The lowest BCUT2D eigenvalue weighted by atomic mass is 9.87. The van der Waals surface area contributed by atoms with E-state index < -0.39 is 5.41 Å². The minimum atomic E-state index is -0.489. The Morgan fingerprint density at radius 3 is 2.44 bits per heavy atom. The molecule has 144 valence electrons. The van der Waals surface area contributed by atoms with Crippen molar-refractivity contribution in [1.29, 1.82) is 0 Å². The van der Waals surface area contributed by atoms with Gasteiger partial charge in [-0.05, 0) is 57.0 Å². The van der Waals surface area contributed by atoms with Crippen LogP contribution in [0.3, 0.4) is 0 Å². The average Bonchev–Trinajstić information content (AvgIpc) is 2.67. The van der Waals surface area contributed by atoms with E-state index in [9.17, 15) is 4.79 Å². The van der Waals surface area contributed by atoms with Crippen LogP contribution < -0.4 is 10.1 Å². The smallest absolute Gasteiger partial charge is 0.311 e. The Hall–Kier alpha value is -2.33. The third-order valence-corrected chi connectivity index (χ3v) is 4.85. The van der Waals surface area contributed by atoms with Crippen LogP contribution in [0.2, 0.25) is 0 Å². The highest BCUT2D eigenvalue weighted by atomic mass is 16.5. The molecule has 0 aromatic heterocycles. The maximum absolute atomic E-state index is 12.3. The second-order valence-electron chi connectivity index (χ2n) is 8.14. The molecule has 27 heavy (non-hydrogen) atoms. The molecule has 0 radical (unpaired) electrons. The van der Waals surface area contributed by atoms with Gasteiger partial charge >= 0.3 is 5.97 Å². The molecule has 1 heterocycles. The lowest BCUT2D eigenvalue weighted by molar-refractivity contribution is -0.160. The summed E-state index contributed by atoms with van der Waals surface area (Å²) in [5.41, 5.74) is 1.85. The van der Waals surface area contributed by atoms with Gasteiger partial charge in [-0.3, -0.25) is 4.79 Å². The zero-order chi connectivity index (χ0) is 19.3. The first-order valence-electron chi connectivity index (χ1n) is 9.62. The maximum Gasteiger partial charge on any atom is 0.311 e. The number of hydrogen-bond acceptors (Lipinski definition) is 4. The molecule has 1 aliphatic rings. The van der Waals surface area contributed by atoms with Crippen LogP contribution >= 0.6 is 0 Å². The second kappa shape index (κ2) is 8.57. The van der Waals surface area contributed by atoms with Crippen molar-refractivity contribution in [3.8, 4) is 5.75 Å². The van der Waals surface area contributed by atoms with E-state index in [2.05, 4.69) is 29.6 Å². The number of nitrogens with one attached hydrogen (secondary N) is 1. The van der Waals surface area contributed by atoms with E-state index >= 15 is 0 Å². The SMILES string of the molecule is CC(C)(C)C(=O)O[C@H]1CNCC[C@@H]1c1ccc(OCc2ccccc2)cc1.